The number of benzene rings is 3. The lowest BCUT2D eigenvalue weighted by Crippen LogP contribution is -2.39. The number of anilines is 1. The summed E-state index contributed by atoms with van der Waals surface area (Å²) in [6.07, 6.45) is 2.72. The molecule has 0 bridgehead atoms. The van der Waals surface area contributed by atoms with Gasteiger partial charge in [0.1, 0.15) is 11.6 Å². The number of fused-ring (bicyclic) bond motifs is 4. The standard InChI is InChI=1S/C25H22FNO/c1-25(2)13-20-24(21(28)14-25)22(16-7-10-17(26)11-8-16)23-18-6-4-3-5-15(18)9-12-19(23)27-20/h3-13,22,24,27H,14H2,1-2H3. The number of Topliss-reactive ketones (excluding diaryl/α,β-unsaturated/α-hetero) is 1. The largest absolute Gasteiger partial charge is 0.358 e. The molecule has 0 saturated heterocycles. The van der Waals surface area contributed by atoms with Gasteiger partial charge in [-0.2, -0.15) is 0 Å². The van der Waals surface area contributed by atoms with Gasteiger partial charge in [-0.1, -0.05) is 62.4 Å². The van der Waals surface area contributed by atoms with Crippen LogP contribution in [-0.2, 0) is 4.79 Å². The van der Waals surface area contributed by atoms with Crippen molar-refractivity contribution in [1.82, 2.24) is 0 Å². The van der Waals surface area contributed by atoms with Crippen LogP contribution in [0.25, 0.3) is 10.8 Å². The molecule has 3 heteroatoms. The molecule has 0 radical (unpaired) electrons. The van der Waals surface area contributed by atoms with Gasteiger partial charge in [0.15, 0.2) is 0 Å². The zero-order valence-electron chi connectivity index (χ0n) is 16.0. The van der Waals surface area contributed by atoms with E-state index < -0.39 is 0 Å². The molecular formula is C25H22FNO. The predicted molar refractivity (Wildman–Crippen MR) is 111 cm³/mol. The van der Waals surface area contributed by atoms with Crippen molar-refractivity contribution in [2.75, 3.05) is 5.32 Å². The van der Waals surface area contributed by atoms with E-state index in [1.165, 1.54) is 12.1 Å². The first-order valence-corrected chi connectivity index (χ1v) is 9.72. The quantitative estimate of drug-likeness (QED) is 0.565. The average Bonchev–Trinajstić information content (AvgIpc) is 2.66. The summed E-state index contributed by atoms with van der Waals surface area (Å²) < 4.78 is 13.6. The van der Waals surface area contributed by atoms with Crippen LogP contribution in [0.2, 0.25) is 0 Å². The SMILES string of the molecule is CC1(C)C=C2Nc3ccc4ccccc4c3C(c3ccc(F)cc3)C2C(=O)C1. The van der Waals surface area contributed by atoms with E-state index >= 15 is 0 Å². The van der Waals surface area contributed by atoms with Gasteiger partial charge >= 0.3 is 0 Å². The third kappa shape index (κ3) is 2.65. The third-order valence-electron chi connectivity index (χ3n) is 5.98. The highest BCUT2D eigenvalue weighted by Crippen LogP contribution is 2.51. The summed E-state index contributed by atoms with van der Waals surface area (Å²) in [5, 5.41) is 5.84. The van der Waals surface area contributed by atoms with Crippen LogP contribution in [0.1, 0.15) is 37.3 Å². The summed E-state index contributed by atoms with van der Waals surface area (Å²) in [7, 11) is 0. The molecule has 28 heavy (non-hydrogen) atoms. The molecule has 5 rings (SSSR count). The summed E-state index contributed by atoms with van der Waals surface area (Å²) >= 11 is 0. The van der Waals surface area contributed by atoms with E-state index in [4.69, 9.17) is 0 Å². The molecule has 1 heterocycles. The second-order valence-corrected chi connectivity index (χ2v) is 8.61. The predicted octanol–water partition coefficient (Wildman–Crippen LogP) is 6.04. The van der Waals surface area contributed by atoms with Crippen LogP contribution in [0.15, 0.2) is 72.4 Å². The number of carbonyl (C=O) groups excluding carboxylic acids is 1. The van der Waals surface area contributed by atoms with Gasteiger partial charge in [0.2, 0.25) is 0 Å². The molecule has 3 aromatic rings. The Kier molecular flexibility index (Phi) is 3.70. The maximum Gasteiger partial charge on any atom is 0.143 e. The van der Waals surface area contributed by atoms with E-state index in [0.717, 1.165) is 33.3 Å². The number of carbonyl (C=O) groups is 1. The van der Waals surface area contributed by atoms with Crippen molar-refractivity contribution >= 4 is 22.2 Å². The lowest BCUT2D eigenvalue weighted by Gasteiger charge is -2.42. The van der Waals surface area contributed by atoms with E-state index in [9.17, 15) is 9.18 Å². The second-order valence-electron chi connectivity index (χ2n) is 8.61. The monoisotopic (exact) mass is 371 g/mol. The first-order valence-electron chi connectivity index (χ1n) is 9.72. The Balaban J connectivity index is 1.82. The van der Waals surface area contributed by atoms with Crippen molar-refractivity contribution < 1.29 is 9.18 Å². The fraction of sp³-hybridized carbons (Fsp3) is 0.240. The lowest BCUT2D eigenvalue weighted by atomic mass is 9.66. The normalized spacial score (nSPS) is 22.8. The van der Waals surface area contributed by atoms with E-state index in [2.05, 4.69) is 49.5 Å². The smallest absolute Gasteiger partial charge is 0.143 e. The molecule has 2 unspecified atom stereocenters. The highest BCUT2D eigenvalue weighted by atomic mass is 19.1. The molecule has 1 aliphatic heterocycles. The number of nitrogens with one attached hydrogen (secondary N) is 1. The van der Waals surface area contributed by atoms with Gasteiger partial charge in [0.25, 0.3) is 0 Å². The van der Waals surface area contributed by atoms with Crippen LogP contribution >= 0.6 is 0 Å². The molecule has 1 N–H and O–H groups in total. The minimum atomic E-state index is -0.267. The highest BCUT2D eigenvalue weighted by Gasteiger charge is 2.44. The molecule has 1 aliphatic carbocycles. The fourth-order valence-electron chi connectivity index (χ4n) is 4.86. The fourth-order valence-corrected chi connectivity index (χ4v) is 4.86. The first kappa shape index (κ1) is 17.2. The van der Waals surface area contributed by atoms with E-state index in [0.29, 0.717) is 6.42 Å². The van der Waals surface area contributed by atoms with Crippen molar-refractivity contribution in [2.45, 2.75) is 26.2 Å². The number of rotatable bonds is 1. The maximum absolute atomic E-state index is 13.6. The van der Waals surface area contributed by atoms with E-state index in [-0.39, 0.29) is 28.9 Å². The Morgan fingerprint density at radius 2 is 1.71 bits per heavy atom. The molecule has 2 nitrogen and oxygen atoms in total. The number of ketones is 1. The summed E-state index contributed by atoms with van der Waals surface area (Å²) in [5.74, 6) is -0.416. The zero-order valence-corrected chi connectivity index (χ0v) is 16.0. The molecule has 0 amide bonds. The van der Waals surface area contributed by atoms with Gasteiger partial charge < -0.3 is 5.32 Å². The zero-order chi connectivity index (χ0) is 19.5. The van der Waals surface area contributed by atoms with Gasteiger partial charge in [-0.15, -0.1) is 0 Å². The molecule has 2 aliphatic rings. The van der Waals surface area contributed by atoms with Crippen LogP contribution in [0.3, 0.4) is 0 Å². The van der Waals surface area contributed by atoms with Gasteiger partial charge in [-0.05, 0) is 45.5 Å². The van der Waals surface area contributed by atoms with E-state index in [1.807, 2.05) is 24.3 Å². The summed E-state index contributed by atoms with van der Waals surface area (Å²) in [6.45, 7) is 4.19. The molecule has 3 aromatic carbocycles. The molecule has 2 atom stereocenters. The Hall–Kier alpha value is -2.94. The Morgan fingerprint density at radius 1 is 0.964 bits per heavy atom. The number of hydrogen-bond acceptors (Lipinski definition) is 2. The van der Waals surface area contributed by atoms with Crippen LogP contribution in [0, 0.1) is 17.2 Å². The number of hydrogen-bond donors (Lipinski definition) is 1. The third-order valence-corrected chi connectivity index (χ3v) is 5.98. The Labute approximate surface area is 164 Å². The van der Waals surface area contributed by atoms with Crippen LogP contribution in [0.5, 0.6) is 0 Å². The van der Waals surface area contributed by atoms with Crippen molar-refractivity contribution in [3.63, 3.8) is 0 Å². The van der Waals surface area contributed by atoms with Crippen molar-refractivity contribution in [3.8, 4) is 0 Å². The Bertz CT molecular complexity index is 1130. The van der Waals surface area contributed by atoms with Crippen molar-refractivity contribution in [3.05, 3.63) is 89.4 Å². The van der Waals surface area contributed by atoms with E-state index in [1.54, 1.807) is 0 Å². The van der Waals surface area contributed by atoms with Crippen LogP contribution in [0.4, 0.5) is 10.1 Å². The minimum Gasteiger partial charge on any atom is -0.358 e. The first-order chi connectivity index (χ1) is 13.4. The van der Waals surface area contributed by atoms with Gasteiger partial charge in [-0.3, -0.25) is 4.79 Å². The van der Waals surface area contributed by atoms with Crippen molar-refractivity contribution in [2.24, 2.45) is 11.3 Å². The molecule has 0 spiro atoms. The van der Waals surface area contributed by atoms with Crippen LogP contribution in [-0.4, -0.2) is 5.78 Å². The second kappa shape index (κ2) is 6.03. The molecule has 0 fully saturated rings. The summed E-state index contributed by atoms with van der Waals surface area (Å²) in [5.41, 5.74) is 3.93. The summed E-state index contributed by atoms with van der Waals surface area (Å²) in [4.78, 5) is 13.3. The molecule has 0 aromatic heterocycles. The number of allylic oxidation sites excluding steroid dienone is 2. The van der Waals surface area contributed by atoms with Crippen LogP contribution < -0.4 is 5.32 Å². The van der Waals surface area contributed by atoms with Gasteiger partial charge in [0, 0.05) is 23.7 Å². The maximum atomic E-state index is 13.6. The van der Waals surface area contributed by atoms with Gasteiger partial charge in [-0.25, -0.2) is 4.39 Å². The molecular weight excluding hydrogens is 349 g/mol. The number of halogens is 1. The Morgan fingerprint density at radius 3 is 2.50 bits per heavy atom. The highest BCUT2D eigenvalue weighted by molar-refractivity contribution is 5.97. The summed E-state index contributed by atoms with van der Waals surface area (Å²) in [6, 6.07) is 19.1. The minimum absolute atomic E-state index is 0.127. The molecule has 140 valence electrons. The molecule has 0 saturated carbocycles. The van der Waals surface area contributed by atoms with Gasteiger partial charge in [0.05, 0.1) is 5.92 Å². The topological polar surface area (TPSA) is 29.1 Å². The lowest BCUT2D eigenvalue weighted by molar-refractivity contribution is -0.124. The average molecular weight is 371 g/mol. The van der Waals surface area contributed by atoms with Crippen molar-refractivity contribution in [1.29, 1.82) is 0 Å².